The Bertz CT molecular complexity index is 633. The number of rotatable bonds is 8. The van der Waals surface area contributed by atoms with Crippen LogP contribution in [0.5, 0.6) is 11.5 Å². The number of ether oxygens (including phenoxy) is 2. The van der Waals surface area contributed by atoms with Crippen LogP contribution in [0.25, 0.3) is 0 Å². The molecule has 0 saturated carbocycles. The molecule has 2 aromatic carbocycles. The highest BCUT2D eigenvalue weighted by Gasteiger charge is 2.09. The molecule has 0 saturated heterocycles. The molecule has 0 unspecified atom stereocenters. The fraction of sp³-hybridized carbons (Fsp3) is 0.211. The minimum atomic E-state index is 0.445. The van der Waals surface area contributed by atoms with E-state index in [0.717, 1.165) is 28.9 Å². The third-order valence-electron chi connectivity index (χ3n) is 3.22. The van der Waals surface area contributed by atoms with Gasteiger partial charge in [-0.2, -0.15) is 0 Å². The summed E-state index contributed by atoms with van der Waals surface area (Å²) in [6.45, 7) is 6.60. The number of para-hydroxylation sites is 1. The van der Waals surface area contributed by atoms with E-state index in [1.807, 2.05) is 49.4 Å². The van der Waals surface area contributed by atoms with Crippen LogP contribution >= 0.6 is 0 Å². The second kappa shape index (κ2) is 8.03. The van der Waals surface area contributed by atoms with E-state index < -0.39 is 0 Å². The van der Waals surface area contributed by atoms with Gasteiger partial charge in [-0.1, -0.05) is 24.3 Å². The molecule has 0 atom stereocenters. The average Bonchev–Trinajstić information content (AvgIpc) is 2.54. The van der Waals surface area contributed by atoms with Crippen LogP contribution in [0, 0.1) is 6.92 Å². The fourth-order valence-electron chi connectivity index (χ4n) is 2.28. The van der Waals surface area contributed by atoms with Gasteiger partial charge in [-0.15, -0.1) is 6.58 Å². The summed E-state index contributed by atoms with van der Waals surface area (Å²) in [6.07, 6.45) is 3.32. The van der Waals surface area contributed by atoms with Crippen molar-refractivity contribution in [1.82, 2.24) is 0 Å². The van der Waals surface area contributed by atoms with Gasteiger partial charge in [-0.3, -0.25) is 4.79 Å². The summed E-state index contributed by atoms with van der Waals surface area (Å²) in [6, 6.07) is 13.3. The predicted molar refractivity (Wildman–Crippen MR) is 87.9 cm³/mol. The van der Waals surface area contributed by atoms with Crippen molar-refractivity contribution in [3.63, 3.8) is 0 Å². The largest absolute Gasteiger partial charge is 0.490 e. The number of hydrogen-bond acceptors (Lipinski definition) is 3. The Balaban J connectivity index is 1.99. The van der Waals surface area contributed by atoms with Crippen molar-refractivity contribution >= 4 is 6.29 Å². The second-order valence-corrected chi connectivity index (χ2v) is 4.95. The van der Waals surface area contributed by atoms with Crippen LogP contribution in [0.15, 0.2) is 55.1 Å². The predicted octanol–water partition coefficient (Wildman–Crippen LogP) is 3.99. The van der Waals surface area contributed by atoms with Crippen LogP contribution in [-0.2, 0) is 6.42 Å². The third-order valence-corrected chi connectivity index (χ3v) is 3.22. The van der Waals surface area contributed by atoms with Crippen LogP contribution in [0.2, 0.25) is 0 Å². The summed E-state index contributed by atoms with van der Waals surface area (Å²) in [5, 5.41) is 0. The van der Waals surface area contributed by atoms with Crippen molar-refractivity contribution in [2.45, 2.75) is 13.3 Å². The molecule has 0 spiro atoms. The maximum absolute atomic E-state index is 11.0. The van der Waals surface area contributed by atoms with Crippen molar-refractivity contribution < 1.29 is 14.3 Å². The highest BCUT2D eigenvalue weighted by atomic mass is 16.5. The first-order valence-electron chi connectivity index (χ1n) is 7.25. The van der Waals surface area contributed by atoms with Gasteiger partial charge in [-0.25, -0.2) is 0 Å². The van der Waals surface area contributed by atoms with Crippen molar-refractivity contribution in [2.24, 2.45) is 0 Å². The molecular weight excluding hydrogens is 276 g/mol. The van der Waals surface area contributed by atoms with E-state index in [2.05, 4.69) is 6.58 Å². The lowest BCUT2D eigenvalue weighted by Gasteiger charge is -2.14. The zero-order valence-electron chi connectivity index (χ0n) is 12.7. The molecule has 0 N–H and O–H groups in total. The van der Waals surface area contributed by atoms with Gasteiger partial charge in [0.2, 0.25) is 0 Å². The summed E-state index contributed by atoms with van der Waals surface area (Å²) in [5.74, 6) is 1.63. The van der Waals surface area contributed by atoms with E-state index in [0.29, 0.717) is 25.2 Å². The zero-order valence-corrected chi connectivity index (χ0v) is 12.7. The van der Waals surface area contributed by atoms with Crippen molar-refractivity contribution in [1.29, 1.82) is 0 Å². The Morgan fingerprint density at radius 2 is 1.82 bits per heavy atom. The number of benzene rings is 2. The first-order chi connectivity index (χ1) is 10.7. The maximum atomic E-state index is 11.0. The number of carbonyl (C=O) groups is 1. The van der Waals surface area contributed by atoms with E-state index in [1.54, 1.807) is 6.08 Å². The molecule has 0 fully saturated rings. The second-order valence-electron chi connectivity index (χ2n) is 4.95. The van der Waals surface area contributed by atoms with Gasteiger partial charge < -0.3 is 9.47 Å². The van der Waals surface area contributed by atoms with E-state index in [1.165, 1.54) is 0 Å². The molecule has 114 valence electrons. The first kappa shape index (κ1) is 15.8. The van der Waals surface area contributed by atoms with Gasteiger partial charge in [0.25, 0.3) is 0 Å². The van der Waals surface area contributed by atoms with E-state index in [9.17, 15) is 4.79 Å². The van der Waals surface area contributed by atoms with Crippen LogP contribution in [0.3, 0.4) is 0 Å². The van der Waals surface area contributed by atoms with Crippen molar-refractivity contribution in [3.8, 4) is 11.5 Å². The van der Waals surface area contributed by atoms with Gasteiger partial charge in [0.1, 0.15) is 31.0 Å². The summed E-state index contributed by atoms with van der Waals surface area (Å²) in [5.41, 5.74) is 2.57. The lowest BCUT2D eigenvalue weighted by Crippen LogP contribution is -2.11. The molecule has 0 radical (unpaired) electrons. The molecule has 0 aliphatic heterocycles. The lowest BCUT2D eigenvalue weighted by atomic mass is 10.0. The van der Waals surface area contributed by atoms with Crippen LogP contribution in [0.1, 0.15) is 21.5 Å². The van der Waals surface area contributed by atoms with E-state index in [4.69, 9.17) is 9.47 Å². The maximum Gasteiger partial charge on any atom is 0.150 e. The van der Waals surface area contributed by atoms with E-state index >= 15 is 0 Å². The van der Waals surface area contributed by atoms with Crippen molar-refractivity contribution in [2.75, 3.05) is 13.2 Å². The van der Waals surface area contributed by atoms with Crippen LogP contribution in [-0.4, -0.2) is 19.5 Å². The summed E-state index contributed by atoms with van der Waals surface area (Å²) in [4.78, 5) is 11.0. The smallest absolute Gasteiger partial charge is 0.150 e. The number of aldehydes is 1. The Kier molecular flexibility index (Phi) is 5.78. The average molecular weight is 296 g/mol. The Labute approximate surface area is 131 Å². The molecular formula is C19H20O3. The zero-order chi connectivity index (χ0) is 15.8. The Hall–Kier alpha value is -2.55. The van der Waals surface area contributed by atoms with Gasteiger partial charge in [0.05, 0.1) is 0 Å². The molecule has 22 heavy (non-hydrogen) atoms. The molecule has 0 aliphatic rings. The lowest BCUT2D eigenvalue weighted by molar-refractivity contribution is 0.112. The molecule has 0 heterocycles. The van der Waals surface area contributed by atoms with Gasteiger partial charge in [0, 0.05) is 5.56 Å². The quantitative estimate of drug-likeness (QED) is 0.420. The number of allylic oxidation sites excluding steroid dienone is 1. The Morgan fingerprint density at radius 1 is 1.09 bits per heavy atom. The molecule has 2 aromatic rings. The topological polar surface area (TPSA) is 35.5 Å². The number of aryl methyl sites for hydroxylation is 1. The molecule has 3 heteroatoms. The Morgan fingerprint density at radius 3 is 2.50 bits per heavy atom. The van der Waals surface area contributed by atoms with Gasteiger partial charge in [-0.05, 0) is 48.7 Å². The van der Waals surface area contributed by atoms with Crippen LogP contribution < -0.4 is 9.47 Å². The monoisotopic (exact) mass is 296 g/mol. The molecule has 2 rings (SSSR count). The highest BCUT2D eigenvalue weighted by Crippen LogP contribution is 2.26. The highest BCUT2D eigenvalue weighted by molar-refractivity contribution is 5.76. The SMILES string of the molecule is C=CCc1cc(C=O)cc(C)c1OCCOc1ccccc1. The molecule has 3 nitrogen and oxygen atoms in total. The third kappa shape index (κ3) is 4.22. The van der Waals surface area contributed by atoms with Gasteiger partial charge in [0.15, 0.2) is 0 Å². The van der Waals surface area contributed by atoms with Gasteiger partial charge >= 0.3 is 0 Å². The standard InChI is InChI=1S/C19H20O3/c1-3-7-17-13-16(14-20)12-15(2)19(17)22-11-10-21-18-8-5-4-6-9-18/h3-6,8-9,12-14H,1,7,10-11H2,2H3. The molecule has 0 bridgehead atoms. The molecule has 0 aliphatic carbocycles. The summed E-state index contributed by atoms with van der Waals surface area (Å²) < 4.78 is 11.5. The number of carbonyl (C=O) groups excluding carboxylic acids is 1. The summed E-state index contributed by atoms with van der Waals surface area (Å²) >= 11 is 0. The normalized spacial score (nSPS) is 10.0. The minimum Gasteiger partial charge on any atom is -0.490 e. The molecule has 0 aromatic heterocycles. The van der Waals surface area contributed by atoms with E-state index in [-0.39, 0.29) is 0 Å². The van der Waals surface area contributed by atoms with Crippen molar-refractivity contribution in [3.05, 3.63) is 71.8 Å². The van der Waals surface area contributed by atoms with Crippen LogP contribution in [0.4, 0.5) is 0 Å². The minimum absolute atomic E-state index is 0.445. The fourth-order valence-corrected chi connectivity index (χ4v) is 2.28. The summed E-state index contributed by atoms with van der Waals surface area (Å²) in [7, 11) is 0. The number of hydrogen-bond donors (Lipinski definition) is 0. The molecule has 0 amide bonds. The first-order valence-corrected chi connectivity index (χ1v) is 7.25.